The fourth-order valence-corrected chi connectivity index (χ4v) is 1.97. The van der Waals surface area contributed by atoms with Gasteiger partial charge < -0.3 is 9.84 Å². The summed E-state index contributed by atoms with van der Waals surface area (Å²) in [4.78, 5) is 11.0. The molecule has 19 heavy (non-hydrogen) atoms. The Morgan fingerprint density at radius 3 is 2.58 bits per heavy atom. The number of hydrogen-bond acceptors (Lipinski definition) is 3. The van der Waals surface area contributed by atoms with Crippen molar-refractivity contribution >= 4 is 6.29 Å². The summed E-state index contributed by atoms with van der Waals surface area (Å²) >= 11 is 0. The molecule has 0 aliphatic carbocycles. The molecule has 0 radical (unpaired) electrons. The summed E-state index contributed by atoms with van der Waals surface area (Å²) in [6, 6.07) is 7.42. The molecule has 0 spiro atoms. The maximum Gasteiger partial charge on any atom is 0.150 e. The van der Waals surface area contributed by atoms with Gasteiger partial charge >= 0.3 is 0 Å². The minimum absolute atomic E-state index is 0.00611. The number of carbonyl (C=O) groups excluding carboxylic acids is 1. The van der Waals surface area contributed by atoms with Gasteiger partial charge in [-0.3, -0.25) is 4.79 Å². The summed E-state index contributed by atoms with van der Waals surface area (Å²) in [6.07, 6.45) is 0.619. The zero-order valence-corrected chi connectivity index (χ0v) is 10.6. The Morgan fingerprint density at radius 2 is 2.00 bits per heavy atom. The molecule has 1 N–H and O–H groups in total. The Balaban J connectivity index is 2.73. The van der Waals surface area contributed by atoms with E-state index in [4.69, 9.17) is 4.74 Å². The highest BCUT2D eigenvalue weighted by Crippen LogP contribution is 2.36. The second-order valence-electron chi connectivity index (χ2n) is 4.21. The molecular formula is C15H13FO3. The van der Waals surface area contributed by atoms with Crippen LogP contribution in [0.25, 0.3) is 11.1 Å². The van der Waals surface area contributed by atoms with Gasteiger partial charge in [0.15, 0.2) is 6.29 Å². The summed E-state index contributed by atoms with van der Waals surface area (Å²) in [5.41, 5.74) is 1.21. The van der Waals surface area contributed by atoms with Gasteiger partial charge in [0.2, 0.25) is 0 Å². The molecule has 0 bridgehead atoms. The van der Waals surface area contributed by atoms with Crippen LogP contribution in [0.5, 0.6) is 11.5 Å². The van der Waals surface area contributed by atoms with Crippen molar-refractivity contribution in [3.8, 4) is 22.6 Å². The van der Waals surface area contributed by atoms with E-state index in [-0.39, 0.29) is 11.3 Å². The first-order valence-corrected chi connectivity index (χ1v) is 5.69. The third-order valence-corrected chi connectivity index (χ3v) is 2.87. The van der Waals surface area contributed by atoms with Crippen molar-refractivity contribution in [1.82, 2.24) is 0 Å². The SMILES string of the molecule is COc1ccc(C=O)c(-c2c(O)cc(C)cc2F)c1. The molecule has 2 rings (SSSR count). The smallest absolute Gasteiger partial charge is 0.150 e. The summed E-state index contributed by atoms with van der Waals surface area (Å²) in [7, 11) is 1.48. The first kappa shape index (κ1) is 13.1. The van der Waals surface area contributed by atoms with E-state index in [1.807, 2.05) is 0 Å². The maximum atomic E-state index is 14.0. The number of phenols is 1. The first-order valence-electron chi connectivity index (χ1n) is 5.69. The molecular weight excluding hydrogens is 247 g/mol. The van der Waals surface area contributed by atoms with Crippen molar-refractivity contribution in [2.45, 2.75) is 6.92 Å². The molecule has 0 atom stereocenters. The van der Waals surface area contributed by atoms with Crippen LogP contribution in [0.3, 0.4) is 0 Å². The second kappa shape index (κ2) is 5.10. The van der Waals surface area contributed by atoms with Crippen molar-refractivity contribution in [2.24, 2.45) is 0 Å². The van der Waals surface area contributed by atoms with Crippen LogP contribution in [0.2, 0.25) is 0 Å². The highest BCUT2D eigenvalue weighted by molar-refractivity contribution is 5.90. The molecule has 3 nitrogen and oxygen atoms in total. The van der Waals surface area contributed by atoms with Gasteiger partial charge in [-0.25, -0.2) is 4.39 Å². The quantitative estimate of drug-likeness (QED) is 0.861. The number of aryl methyl sites for hydroxylation is 1. The van der Waals surface area contributed by atoms with E-state index < -0.39 is 5.82 Å². The molecule has 0 unspecified atom stereocenters. The van der Waals surface area contributed by atoms with Gasteiger partial charge in [-0.15, -0.1) is 0 Å². The Morgan fingerprint density at radius 1 is 1.26 bits per heavy atom. The van der Waals surface area contributed by atoms with Crippen LogP contribution >= 0.6 is 0 Å². The third-order valence-electron chi connectivity index (χ3n) is 2.87. The predicted molar refractivity (Wildman–Crippen MR) is 70.2 cm³/mol. The molecule has 0 aliphatic heterocycles. The molecule has 0 aliphatic rings. The maximum absolute atomic E-state index is 14.0. The van der Waals surface area contributed by atoms with E-state index in [1.54, 1.807) is 13.0 Å². The van der Waals surface area contributed by atoms with E-state index in [0.717, 1.165) is 0 Å². The molecule has 0 aromatic heterocycles. The molecule has 0 fully saturated rings. The van der Waals surface area contributed by atoms with Crippen molar-refractivity contribution in [3.05, 3.63) is 47.3 Å². The number of ether oxygens (including phenoxy) is 1. The summed E-state index contributed by atoms with van der Waals surface area (Å²) in [6.45, 7) is 1.68. The lowest BCUT2D eigenvalue weighted by Gasteiger charge is -2.11. The standard InChI is InChI=1S/C15H13FO3/c1-9-5-13(16)15(14(18)6-9)12-7-11(19-2)4-3-10(12)8-17/h3-8,18H,1-2H3. The number of phenolic OH excluding ortho intramolecular Hbond substituents is 1. The van der Waals surface area contributed by atoms with Crippen LogP contribution in [0.4, 0.5) is 4.39 Å². The number of benzene rings is 2. The summed E-state index contributed by atoms with van der Waals surface area (Å²) < 4.78 is 19.1. The normalized spacial score (nSPS) is 10.3. The Bertz CT molecular complexity index is 612. The minimum Gasteiger partial charge on any atom is -0.507 e. The van der Waals surface area contributed by atoms with Crippen LogP contribution in [0, 0.1) is 12.7 Å². The number of rotatable bonds is 3. The molecule has 0 saturated carbocycles. The largest absolute Gasteiger partial charge is 0.507 e. The van der Waals surface area contributed by atoms with E-state index in [2.05, 4.69) is 0 Å². The van der Waals surface area contributed by atoms with Gasteiger partial charge in [0.25, 0.3) is 0 Å². The Hall–Kier alpha value is -2.36. The first-order chi connectivity index (χ1) is 9.06. The lowest BCUT2D eigenvalue weighted by Crippen LogP contribution is -1.94. The Labute approximate surface area is 110 Å². The van der Waals surface area contributed by atoms with E-state index in [1.165, 1.54) is 31.4 Å². The average Bonchev–Trinajstić information content (AvgIpc) is 2.37. The highest BCUT2D eigenvalue weighted by atomic mass is 19.1. The minimum atomic E-state index is -0.575. The van der Waals surface area contributed by atoms with Gasteiger partial charge in [-0.1, -0.05) is 0 Å². The van der Waals surface area contributed by atoms with Gasteiger partial charge in [-0.2, -0.15) is 0 Å². The monoisotopic (exact) mass is 260 g/mol. The van der Waals surface area contributed by atoms with E-state index >= 15 is 0 Å². The predicted octanol–water partition coefficient (Wildman–Crippen LogP) is 3.33. The third kappa shape index (κ3) is 2.42. The van der Waals surface area contributed by atoms with Crippen molar-refractivity contribution in [3.63, 3.8) is 0 Å². The van der Waals surface area contributed by atoms with E-state index in [9.17, 15) is 14.3 Å². The molecule has 4 heteroatoms. The molecule has 0 heterocycles. The number of hydrogen-bond donors (Lipinski definition) is 1. The van der Waals surface area contributed by atoms with Crippen LogP contribution in [-0.4, -0.2) is 18.5 Å². The zero-order valence-electron chi connectivity index (χ0n) is 10.6. The van der Waals surface area contributed by atoms with Gasteiger partial charge in [0.1, 0.15) is 17.3 Å². The molecule has 2 aromatic rings. The fraction of sp³-hybridized carbons (Fsp3) is 0.133. The highest BCUT2D eigenvalue weighted by Gasteiger charge is 2.16. The van der Waals surface area contributed by atoms with Crippen molar-refractivity contribution < 1.29 is 19.0 Å². The lowest BCUT2D eigenvalue weighted by atomic mass is 9.97. The number of methoxy groups -OCH3 is 1. The van der Waals surface area contributed by atoms with Gasteiger partial charge in [0.05, 0.1) is 12.7 Å². The topological polar surface area (TPSA) is 46.5 Å². The zero-order chi connectivity index (χ0) is 14.0. The van der Waals surface area contributed by atoms with Crippen molar-refractivity contribution in [2.75, 3.05) is 7.11 Å². The number of carbonyl (C=O) groups is 1. The van der Waals surface area contributed by atoms with Crippen LogP contribution in [0.1, 0.15) is 15.9 Å². The lowest BCUT2D eigenvalue weighted by molar-refractivity contribution is 0.112. The van der Waals surface area contributed by atoms with Crippen LogP contribution in [0.15, 0.2) is 30.3 Å². The Kier molecular flexibility index (Phi) is 3.51. The second-order valence-corrected chi connectivity index (χ2v) is 4.21. The molecule has 0 saturated heterocycles. The van der Waals surface area contributed by atoms with E-state index in [0.29, 0.717) is 28.7 Å². The van der Waals surface area contributed by atoms with Gasteiger partial charge in [0, 0.05) is 11.1 Å². The summed E-state index contributed by atoms with van der Waals surface area (Å²) in [5, 5.41) is 9.91. The summed E-state index contributed by atoms with van der Waals surface area (Å²) in [5.74, 6) is -0.289. The molecule has 0 amide bonds. The van der Waals surface area contributed by atoms with Gasteiger partial charge in [-0.05, 0) is 42.8 Å². The number of aldehydes is 1. The molecule has 98 valence electrons. The fourth-order valence-electron chi connectivity index (χ4n) is 1.97. The van der Waals surface area contributed by atoms with Crippen LogP contribution in [-0.2, 0) is 0 Å². The number of aromatic hydroxyl groups is 1. The number of halogens is 1. The molecule has 2 aromatic carbocycles. The van der Waals surface area contributed by atoms with Crippen LogP contribution < -0.4 is 4.74 Å². The average molecular weight is 260 g/mol. The van der Waals surface area contributed by atoms with Crippen molar-refractivity contribution in [1.29, 1.82) is 0 Å².